The van der Waals surface area contributed by atoms with Gasteiger partial charge >= 0.3 is 12.2 Å². The van der Waals surface area contributed by atoms with E-state index in [9.17, 15) is 9.59 Å². The fourth-order valence-electron chi connectivity index (χ4n) is 1.07. The lowest BCUT2D eigenvalue weighted by Gasteiger charge is -2.05. The molecule has 0 aliphatic rings. The van der Waals surface area contributed by atoms with Crippen LogP contribution in [0.4, 0.5) is 9.59 Å². The number of nitrogens with one attached hydrogen (secondary N) is 1. The summed E-state index contributed by atoms with van der Waals surface area (Å²) in [7, 11) is 2.30. The minimum atomic E-state index is -0.832. The molecule has 0 spiro atoms. The molecule has 0 fully saturated rings. The number of imide groups is 1. The second-order valence-electron chi connectivity index (χ2n) is 5.48. The van der Waals surface area contributed by atoms with Gasteiger partial charge in [-0.05, 0) is 19.8 Å². The molecule has 27 heavy (non-hydrogen) atoms. The van der Waals surface area contributed by atoms with Crippen molar-refractivity contribution < 1.29 is 28.7 Å². The molecular weight excluding hydrogens is 360 g/mol. The highest BCUT2D eigenvalue weighted by Crippen LogP contribution is 1.94. The van der Waals surface area contributed by atoms with Crippen LogP contribution in [0.2, 0.25) is 0 Å². The number of nitrogens with zero attached hydrogens (tertiary/aromatic N) is 5. The fraction of sp³-hybridized carbons (Fsp3) is 0.600. The van der Waals surface area contributed by atoms with E-state index in [1.165, 1.54) is 23.6 Å². The molecule has 0 atom stereocenters. The van der Waals surface area contributed by atoms with E-state index in [0.29, 0.717) is 18.4 Å². The Hall–Kier alpha value is -3.18. The van der Waals surface area contributed by atoms with Crippen LogP contribution in [0.5, 0.6) is 0 Å². The van der Waals surface area contributed by atoms with Crippen molar-refractivity contribution in [2.45, 2.75) is 33.8 Å². The van der Waals surface area contributed by atoms with Gasteiger partial charge < -0.3 is 19.1 Å². The molecule has 12 nitrogen and oxygen atoms in total. The summed E-state index contributed by atoms with van der Waals surface area (Å²) in [6.45, 7) is 8.41. The molecular formula is C15H26N6O6. The van der Waals surface area contributed by atoms with Gasteiger partial charge in [-0.2, -0.15) is 9.78 Å². The molecule has 0 saturated heterocycles. The first-order valence-corrected chi connectivity index (χ1v) is 7.97. The van der Waals surface area contributed by atoms with Gasteiger partial charge in [0.25, 0.3) is 0 Å². The number of aromatic nitrogens is 3. The van der Waals surface area contributed by atoms with Gasteiger partial charge in [0.05, 0.1) is 14.2 Å². The normalized spacial score (nSPS) is 11.0. The van der Waals surface area contributed by atoms with Gasteiger partial charge in [0, 0.05) is 0 Å². The SMILES string of the molecule is CC(C)CON=CC(=NOC(C)C)n1cncn1.COC(=O)NC(=O)OC. The highest BCUT2D eigenvalue weighted by molar-refractivity contribution is 6.29. The number of ether oxygens (including phenoxy) is 2. The van der Waals surface area contributed by atoms with E-state index in [-0.39, 0.29) is 6.10 Å². The first-order chi connectivity index (χ1) is 12.8. The Morgan fingerprint density at radius 3 is 2.26 bits per heavy atom. The monoisotopic (exact) mass is 386 g/mol. The number of rotatable bonds is 6. The second-order valence-corrected chi connectivity index (χ2v) is 5.48. The molecule has 0 aromatic carbocycles. The zero-order valence-corrected chi connectivity index (χ0v) is 16.3. The Bertz CT molecular complexity index is 586. The number of hydrogen-bond donors (Lipinski definition) is 1. The average Bonchev–Trinajstić information content (AvgIpc) is 3.15. The van der Waals surface area contributed by atoms with Crippen molar-refractivity contribution in [1.82, 2.24) is 20.1 Å². The topological polar surface area (TPSA) is 139 Å². The minimum absolute atomic E-state index is 0.0199. The highest BCUT2D eigenvalue weighted by Gasteiger charge is 2.04. The summed E-state index contributed by atoms with van der Waals surface area (Å²) >= 11 is 0. The predicted octanol–water partition coefficient (Wildman–Crippen LogP) is 1.63. The number of carbonyl (C=O) groups is 2. The lowest BCUT2D eigenvalue weighted by molar-refractivity contribution is 0.0853. The molecule has 0 aliphatic carbocycles. The summed E-state index contributed by atoms with van der Waals surface area (Å²) in [6.07, 6.45) is 2.68. The second kappa shape index (κ2) is 14.0. The molecule has 1 rings (SSSR count). The van der Waals surface area contributed by atoms with Gasteiger partial charge in [-0.15, -0.1) is 0 Å². The number of hydrogen-bond acceptors (Lipinski definition) is 10. The van der Waals surface area contributed by atoms with Gasteiger partial charge in [-0.3, -0.25) is 0 Å². The Kier molecular flexibility index (Phi) is 12.4. The van der Waals surface area contributed by atoms with Crippen LogP contribution in [0.15, 0.2) is 23.0 Å². The summed E-state index contributed by atoms with van der Waals surface area (Å²) in [6, 6.07) is 0. The molecule has 0 radical (unpaired) electrons. The standard InChI is InChI=1S/C11H19N5O2.C4H7NO4/c1-9(2)6-17-14-5-11(15-18-10(3)4)16-8-12-7-13-16;1-8-3(6)5-4(7)9-2/h5,7-10H,6H2,1-4H3;1-2H3,(H,5,6,7). The Balaban J connectivity index is 0.000000636. The van der Waals surface area contributed by atoms with Crippen LogP contribution in [0.3, 0.4) is 0 Å². The first-order valence-electron chi connectivity index (χ1n) is 7.97. The maximum absolute atomic E-state index is 10.1. The third kappa shape index (κ3) is 12.8. The third-order valence-corrected chi connectivity index (χ3v) is 2.24. The molecule has 1 aromatic rings. The van der Waals surface area contributed by atoms with Crippen molar-refractivity contribution in [2.24, 2.45) is 16.2 Å². The molecule has 1 heterocycles. The van der Waals surface area contributed by atoms with E-state index in [1.54, 1.807) is 5.32 Å². The summed E-state index contributed by atoms with van der Waals surface area (Å²) in [4.78, 5) is 34.4. The van der Waals surface area contributed by atoms with Gasteiger partial charge in [-0.1, -0.05) is 24.2 Å². The molecule has 152 valence electrons. The third-order valence-electron chi connectivity index (χ3n) is 2.24. The zero-order chi connectivity index (χ0) is 20.7. The molecule has 12 heteroatoms. The predicted molar refractivity (Wildman–Crippen MR) is 96.3 cm³/mol. The highest BCUT2D eigenvalue weighted by atomic mass is 16.6. The summed E-state index contributed by atoms with van der Waals surface area (Å²) in [5.74, 6) is 0.825. The lowest BCUT2D eigenvalue weighted by atomic mass is 10.2. The summed E-state index contributed by atoms with van der Waals surface area (Å²) < 4.78 is 9.59. The molecule has 1 aromatic heterocycles. The van der Waals surface area contributed by atoms with E-state index in [4.69, 9.17) is 9.68 Å². The van der Waals surface area contributed by atoms with E-state index in [2.05, 4.69) is 29.9 Å². The molecule has 0 aliphatic heterocycles. The van der Waals surface area contributed by atoms with Crippen LogP contribution in [-0.4, -0.2) is 65.9 Å². The molecule has 0 saturated carbocycles. The summed E-state index contributed by atoms with van der Waals surface area (Å²) in [5.41, 5.74) is 0. The van der Waals surface area contributed by atoms with E-state index < -0.39 is 12.2 Å². The van der Waals surface area contributed by atoms with Crippen LogP contribution in [0, 0.1) is 5.92 Å². The number of alkyl carbamates (subject to hydrolysis) is 2. The zero-order valence-electron chi connectivity index (χ0n) is 16.3. The van der Waals surface area contributed by atoms with Crippen molar-refractivity contribution in [3.05, 3.63) is 12.7 Å². The maximum atomic E-state index is 10.1. The maximum Gasteiger partial charge on any atom is 0.416 e. The Labute approximate surface area is 157 Å². The smallest absolute Gasteiger partial charge is 0.416 e. The number of carbonyl (C=O) groups excluding carboxylic acids is 2. The quantitative estimate of drug-likeness (QED) is 0.442. The van der Waals surface area contributed by atoms with Gasteiger partial charge in [0.1, 0.15) is 31.6 Å². The average molecular weight is 386 g/mol. The van der Waals surface area contributed by atoms with E-state index in [0.717, 1.165) is 14.2 Å². The largest absolute Gasteiger partial charge is 0.453 e. The van der Waals surface area contributed by atoms with Crippen molar-refractivity contribution in [1.29, 1.82) is 0 Å². The van der Waals surface area contributed by atoms with Crippen molar-refractivity contribution in [2.75, 3.05) is 20.8 Å². The van der Waals surface area contributed by atoms with Crippen molar-refractivity contribution >= 4 is 24.2 Å². The summed E-state index contributed by atoms with van der Waals surface area (Å²) in [5, 5.41) is 13.5. The molecule has 0 unspecified atom stereocenters. The van der Waals surface area contributed by atoms with Crippen molar-refractivity contribution in [3.8, 4) is 0 Å². The van der Waals surface area contributed by atoms with Crippen molar-refractivity contribution in [3.63, 3.8) is 0 Å². The Morgan fingerprint density at radius 2 is 1.81 bits per heavy atom. The van der Waals surface area contributed by atoms with Gasteiger partial charge in [0.2, 0.25) is 5.84 Å². The number of amides is 2. The number of oxime groups is 2. The molecule has 1 N–H and O–H groups in total. The van der Waals surface area contributed by atoms with Gasteiger partial charge in [0.15, 0.2) is 0 Å². The van der Waals surface area contributed by atoms with Crippen LogP contribution in [0.1, 0.15) is 27.7 Å². The number of methoxy groups -OCH3 is 2. The van der Waals surface area contributed by atoms with Gasteiger partial charge in [-0.25, -0.2) is 19.9 Å². The van der Waals surface area contributed by atoms with Crippen LogP contribution in [-0.2, 0) is 19.1 Å². The van der Waals surface area contributed by atoms with E-state index >= 15 is 0 Å². The molecule has 2 amide bonds. The Morgan fingerprint density at radius 1 is 1.19 bits per heavy atom. The fourth-order valence-corrected chi connectivity index (χ4v) is 1.07. The lowest BCUT2D eigenvalue weighted by Crippen LogP contribution is -2.29. The molecule has 0 bridgehead atoms. The first kappa shape index (κ1) is 23.8. The van der Waals surface area contributed by atoms with Crippen LogP contribution < -0.4 is 5.32 Å². The van der Waals surface area contributed by atoms with E-state index in [1.807, 2.05) is 27.7 Å². The van der Waals surface area contributed by atoms with Crippen LogP contribution in [0.25, 0.3) is 0 Å². The minimum Gasteiger partial charge on any atom is -0.453 e. The van der Waals surface area contributed by atoms with Crippen LogP contribution >= 0.6 is 0 Å².